The summed E-state index contributed by atoms with van der Waals surface area (Å²) in [5.41, 5.74) is 5.52. The minimum absolute atomic E-state index is 0.186. The molecule has 6 heteroatoms. The zero-order chi connectivity index (χ0) is 20.3. The van der Waals surface area contributed by atoms with Crippen molar-refractivity contribution in [2.24, 2.45) is 7.05 Å². The van der Waals surface area contributed by atoms with E-state index in [2.05, 4.69) is 30.2 Å². The molecule has 3 aromatic rings. The summed E-state index contributed by atoms with van der Waals surface area (Å²) in [6.07, 6.45) is 1.82. The van der Waals surface area contributed by atoms with E-state index in [1.54, 1.807) is 0 Å². The molecular weight excluding hydrogens is 388 g/mol. The van der Waals surface area contributed by atoms with E-state index < -0.39 is 0 Å². The molecule has 0 unspecified atom stereocenters. The molecule has 0 fully saturated rings. The van der Waals surface area contributed by atoms with Crippen molar-refractivity contribution in [2.45, 2.75) is 39.0 Å². The van der Waals surface area contributed by atoms with Crippen LogP contribution in [0.4, 0.5) is 5.82 Å². The van der Waals surface area contributed by atoms with Crippen LogP contribution in [0, 0.1) is 6.92 Å². The largest absolute Gasteiger partial charge is 0.367 e. The number of aromatic nitrogens is 3. The summed E-state index contributed by atoms with van der Waals surface area (Å²) >= 11 is 8.14. The first kappa shape index (κ1) is 20.7. The number of nitrogens with zero attached hydrogens (tertiary/aromatic N) is 3. The van der Waals surface area contributed by atoms with Crippen LogP contribution < -0.4 is 5.32 Å². The summed E-state index contributed by atoms with van der Waals surface area (Å²) in [6, 6.07) is 12.5. The molecule has 0 radical (unpaired) electrons. The maximum absolute atomic E-state index is 6.20. The lowest BCUT2D eigenvalue weighted by molar-refractivity contribution is 0.757. The number of hydrogen-bond donors (Lipinski definition) is 1. The van der Waals surface area contributed by atoms with Gasteiger partial charge in [0.2, 0.25) is 0 Å². The highest BCUT2D eigenvalue weighted by molar-refractivity contribution is 7.99. The average molecular weight is 415 g/mol. The molecular formula is C22H27ClN4S. The van der Waals surface area contributed by atoms with Gasteiger partial charge in [0.15, 0.2) is 0 Å². The number of nitrogens with one attached hydrogen (secondary N) is 1. The van der Waals surface area contributed by atoms with Crippen molar-refractivity contribution in [1.82, 2.24) is 14.8 Å². The van der Waals surface area contributed by atoms with Gasteiger partial charge in [-0.25, -0.2) is 0 Å². The maximum atomic E-state index is 6.20. The summed E-state index contributed by atoms with van der Waals surface area (Å²) in [5.74, 6) is 2.09. The third-order valence-electron chi connectivity index (χ3n) is 4.66. The molecule has 28 heavy (non-hydrogen) atoms. The summed E-state index contributed by atoms with van der Waals surface area (Å²) in [5, 5.41) is 9.41. The van der Waals surface area contributed by atoms with E-state index in [1.807, 2.05) is 73.9 Å². The van der Waals surface area contributed by atoms with Crippen LogP contribution in [0.3, 0.4) is 0 Å². The maximum Gasteiger partial charge on any atom is 0.129 e. The van der Waals surface area contributed by atoms with Crippen molar-refractivity contribution in [2.75, 3.05) is 11.1 Å². The van der Waals surface area contributed by atoms with E-state index in [0.29, 0.717) is 6.04 Å². The van der Waals surface area contributed by atoms with Gasteiger partial charge < -0.3 is 5.32 Å². The highest BCUT2D eigenvalue weighted by atomic mass is 35.5. The Labute approximate surface area is 176 Å². The van der Waals surface area contributed by atoms with Crippen molar-refractivity contribution in [1.29, 1.82) is 0 Å². The van der Waals surface area contributed by atoms with E-state index in [-0.39, 0.29) is 5.25 Å². The number of anilines is 1. The Hall–Kier alpha value is -1.98. The summed E-state index contributed by atoms with van der Waals surface area (Å²) in [6.45, 7) is 8.33. The molecule has 3 heterocycles. The molecule has 0 saturated carbocycles. The molecule has 1 aromatic carbocycles. The van der Waals surface area contributed by atoms with Gasteiger partial charge in [-0.15, -0.1) is 11.8 Å². The Morgan fingerprint density at radius 3 is 2.68 bits per heavy atom. The van der Waals surface area contributed by atoms with Gasteiger partial charge in [0.1, 0.15) is 11.5 Å². The lowest BCUT2D eigenvalue weighted by atomic mass is 9.98. The highest BCUT2D eigenvalue weighted by Crippen LogP contribution is 2.47. The van der Waals surface area contributed by atoms with Crippen LogP contribution in [-0.2, 0) is 7.05 Å². The fourth-order valence-electron chi connectivity index (χ4n) is 3.43. The van der Waals surface area contributed by atoms with Crippen LogP contribution in [0.5, 0.6) is 0 Å². The average Bonchev–Trinajstić information content (AvgIpc) is 2.91. The molecule has 0 amide bonds. The molecule has 0 spiro atoms. The normalized spacial score (nSPS) is 18.4. The van der Waals surface area contributed by atoms with Crippen LogP contribution in [0.2, 0.25) is 5.02 Å². The second-order valence-corrected chi connectivity index (χ2v) is 8.28. The summed E-state index contributed by atoms with van der Waals surface area (Å²) in [4.78, 5) is 4.55. The van der Waals surface area contributed by atoms with E-state index in [0.717, 1.165) is 28.0 Å². The standard InChI is InChI=1S/C20H21ClN4S.C2H6/c1-12-10-14(21)7-8-15(12)19-17-18(16-6-4-5-9-22-16)24-25(3)20(17)23-13(2)11-26-19;1-2/h4-10,13,19,23H,11H2,1-3H3;1-2H3/t13-,19-;/m0./s1. The number of benzene rings is 1. The number of rotatable bonds is 2. The molecule has 1 aliphatic rings. The predicted molar refractivity (Wildman–Crippen MR) is 121 cm³/mol. The van der Waals surface area contributed by atoms with E-state index in [4.69, 9.17) is 16.7 Å². The van der Waals surface area contributed by atoms with Gasteiger partial charge in [0.25, 0.3) is 0 Å². The second-order valence-electron chi connectivity index (χ2n) is 6.71. The minimum Gasteiger partial charge on any atom is -0.367 e. The van der Waals surface area contributed by atoms with Gasteiger partial charge in [-0.1, -0.05) is 37.6 Å². The molecule has 0 aliphatic carbocycles. The third kappa shape index (κ3) is 4.06. The van der Waals surface area contributed by atoms with Gasteiger partial charge >= 0.3 is 0 Å². The van der Waals surface area contributed by atoms with Crippen molar-refractivity contribution >= 4 is 29.2 Å². The third-order valence-corrected chi connectivity index (χ3v) is 6.41. The van der Waals surface area contributed by atoms with Crippen LogP contribution in [0.1, 0.15) is 42.7 Å². The molecule has 4 rings (SSSR count). The quantitative estimate of drug-likeness (QED) is 0.549. The molecule has 4 nitrogen and oxygen atoms in total. The molecule has 0 saturated heterocycles. The van der Waals surface area contributed by atoms with Crippen LogP contribution in [0.15, 0.2) is 42.6 Å². The summed E-state index contributed by atoms with van der Waals surface area (Å²) in [7, 11) is 1.99. The fourth-order valence-corrected chi connectivity index (χ4v) is 5.05. The lowest BCUT2D eigenvalue weighted by Gasteiger charge is -2.18. The molecule has 2 aromatic heterocycles. The van der Waals surface area contributed by atoms with Crippen molar-refractivity contribution in [3.63, 3.8) is 0 Å². The number of halogens is 1. The first-order valence-corrected chi connectivity index (χ1v) is 11.1. The Bertz CT molecular complexity index is 939. The van der Waals surface area contributed by atoms with Gasteiger partial charge in [-0.3, -0.25) is 9.67 Å². The molecule has 2 atom stereocenters. The highest BCUT2D eigenvalue weighted by Gasteiger charge is 2.31. The summed E-state index contributed by atoms with van der Waals surface area (Å²) < 4.78 is 1.94. The van der Waals surface area contributed by atoms with Crippen molar-refractivity contribution in [3.05, 3.63) is 64.3 Å². The van der Waals surface area contributed by atoms with Crippen LogP contribution in [-0.4, -0.2) is 26.6 Å². The fraction of sp³-hybridized carbons (Fsp3) is 0.364. The first-order valence-electron chi connectivity index (χ1n) is 9.67. The van der Waals surface area contributed by atoms with E-state index in [9.17, 15) is 0 Å². The van der Waals surface area contributed by atoms with E-state index >= 15 is 0 Å². The van der Waals surface area contributed by atoms with Gasteiger partial charge in [0, 0.05) is 35.6 Å². The monoisotopic (exact) mass is 414 g/mol. The van der Waals surface area contributed by atoms with Crippen molar-refractivity contribution in [3.8, 4) is 11.4 Å². The molecule has 1 N–H and O–H groups in total. The minimum atomic E-state index is 0.186. The molecule has 148 valence electrons. The smallest absolute Gasteiger partial charge is 0.129 e. The number of thioether (sulfide) groups is 1. The van der Waals surface area contributed by atoms with Crippen LogP contribution in [0.25, 0.3) is 11.4 Å². The lowest BCUT2D eigenvalue weighted by Crippen LogP contribution is -2.18. The van der Waals surface area contributed by atoms with Gasteiger partial charge in [-0.2, -0.15) is 5.10 Å². The van der Waals surface area contributed by atoms with E-state index in [1.165, 1.54) is 16.7 Å². The number of aryl methyl sites for hydroxylation is 2. The second kappa shape index (κ2) is 9.01. The van der Waals surface area contributed by atoms with Crippen LogP contribution >= 0.6 is 23.4 Å². The predicted octanol–water partition coefficient (Wildman–Crippen LogP) is 6.11. The Balaban J connectivity index is 0.00000109. The number of hydrogen-bond acceptors (Lipinski definition) is 4. The zero-order valence-corrected chi connectivity index (χ0v) is 18.6. The first-order chi connectivity index (χ1) is 13.5. The Kier molecular flexibility index (Phi) is 6.68. The Morgan fingerprint density at radius 1 is 1.21 bits per heavy atom. The number of pyridine rings is 1. The van der Waals surface area contributed by atoms with Gasteiger partial charge in [0.05, 0.1) is 10.9 Å². The number of fused-ring (bicyclic) bond motifs is 1. The Morgan fingerprint density at radius 2 is 2.00 bits per heavy atom. The van der Waals surface area contributed by atoms with Crippen molar-refractivity contribution < 1.29 is 0 Å². The molecule has 0 bridgehead atoms. The topological polar surface area (TPSA) is 42.7 Å². The zero-order valence-electron chi connectivity index (χ0n) is 17.0. The van der Waals surface area contributed by atoms with Gasteiger partial charge in [-0.05, 0) is 49.2 Å². The SMILES string of the molecule is CC.Cc1cc(Cl)ccc1[C@@H]1SC[C@H](C)Nc2c1c(-c1ccccn1)nn2C. The molecule has 1 aliphatic heterocycles.